The summed E-state index contributed by atoms with van der Waals surface area (Å²) in [6.45, 7) is -0.0653. The molecule has 1 heterocycles. The SMILES string of the molecule is OCc1cc(Br)c(Br)o1. The third kappa shape index (κ3) is 1.56. The molecule has 0 atom stereocenters. The highest BCUT2D eigenvalue weighted by Crippen LogP contribution is 2.26. The van der Waals surface area contributed by atoms with Crippen molar-refractivity contribution in [2.24, 2.45) is 0 Å². The molecule has 1 rings (SSSR count). The van der Waals surface area contributed by atoms with Crippen molar-refractivity contribution < 1.29 is 9.52 Å². The maximum atomic E-state index is 8.54. The minimum atomic E-state index is -0.0653. The highest BCUT2D eigenvalue weighted by atomic mass is 79.9. The lowest BCUT2D eigenvalue weighted by Crippen LogP contribution is -1.72. The molecule has 0 aliphatic rings. The topological polar surface area (TPSA) is 33.4 Å². The molecule has 1 aromatic rings. The minimum Gasteiger partial charge on any atom is -0.451 e. The first-order chi connectivity index (χ1) is 4.24. The van der Waals surface area contributed by atoms with Gasteiger partial charge in [-0.25, -0.2) is 0 Å². The summed E-state index contributed by atoms with van der Waals surface area (Å²) in [7, 11) is 0. The average Bonchev–Trinajstić information content (AvgIpc) is 2.13. The first-order valence-corrected chi connectivity index (χ1v) is 3.87. The number of aliphatic hydroxyl groups is 1. The van der Waals surface area contributed by atoms with Gasteiger partial charge in [0, 0.05) is 0 Å². The zero-order chi connectivity index (χ0) is 6.85. The summed E-state index contributed by atoms with van der Waals surface area (Å²) in [4.78, 5) is 0. The van der Waals surface area contributed by atoms with Gasteiger partial charge in [-0.15, -0.1) is 0 Å². The van der Waals surface area contributed by atoms with E-state index in [1.807, 2.05) is 0 Å². The van der Waals surface area contributed by atoms with Gasteiger partial charge in [0.1, 0.15) is 12.4 Å². The monoisotopic (exact) mass is 254 g/mol. The summed E-state index contributed by atoms with van der Waals surface area (Å²) in [5.41, 5.74) is 0. The Morgan fingerprint density at radius 3 is 2.44 bits per heavy atom. The van der Waals surface area contributed by atoms with Crippen LogP contribution in [0.2, 0.25) is 0 Å². The molecule has 0 spiro atoms. The van der Waals surface area contributed by atoms with E-state index in [-0.39, 0.29) is 6.61 Å². The van der Waals surface area contributed by atoms with Crippen molar-refractivity contribution in [1.82, 2.24) is 0 Å². The van der Waals surface area contributed by atoms with Gasteiger partial charge in [-0.05, 0) is 37.9 Å². The zero-order valence-electron chi connectivity index (χ0n) is 4.40. The molecule has 0 bridgehead atoms. The fraction of sp³-hybridized carbons (Fsp3) is 0.200. The Bertz CT molecular complexity index is 187. The molecule has 0 amide bonds. The molecular formula is C5H4Br2O2. The molecule has 0 saturated carbocycles. The Hall–Kier alpha value is 0.200. The van der Waals surface area contributed by atoms with E-state index in [1.165, 1.54) is 0 Å². The minimum absolute atomic E-state index is 0.0653. The Morgan fingerprint density at radius 2 is 2.22 bits per heavy atom. The van der Waals surface area contributed by atoms with Gasteiger partial charge in [-0.3, -0.25) is 0 Å². The van der Waals surface area contributed by atoms with E-state index in [2.05, 4.69) is 31.9 Å². The van der Waals surface area contributed by atoms with Gasteiger partial charge in [0.15, 0.2) is 4.67 Å². The smallest absolute Gasteiger partial charge is 0.183 e. The number of halogens is 2. The van der Waals surface area contributed by atoms with Crippen LogP contribution in [0.15, 0.2) is 19.6 Å². The summed E-state index contributed by atoms with van der Waals surface area (Å²) in [5.74, 6) is 0.550. The van der Waals surface area contributed by atoms with E-state index in [4.69, 9.17) is 9.52 Å². The first-order valence-electron chi connectivity index (χ1n) is 2.28. The lowest BCUT2D eigenvalue weighted by atomic mass is 10.5. The van der Waals surface area contributed by atoms with Crippen LogP contribution in [0.3, 0.4) is 0 Å². The predicted molar refractivity (Wildman–Crippen MR) is 40.0 cm³/mol. The second-order valence-electron chi connectivity index (χ2n) is 1.49. The van der Waals surface area contributed by atoms with Crippen LogP contribution in [0.5, 0.6) is 0 Å². The number of rotatable bonds is 1. The lowest BCUT2D eigenvalue weighted by molar-refractivity contribution is 0.245. The van der Waals surface area contributed by atoms with Crippen molar-refractivity contribution in [2.45, 2.75) is 6.61 Å². The van der Waals surface area contributed by atoms with Gasteiger partial charge in [0.2, 0.25) is 0 Å². The molecule has 50 valence electrons. The van der Waals surface area contributed by atoms with Crippen LogP contribution in [0, 0.1) is 0 Å². The zero-order valence-corrected chi connectivity index (χ0v) is 7.57. The fourth-order valence-electron chi connectivity index (χ4n) is 0.469. The van der Waals surface area contributed by atoms with Gasteiger partial charge in [-0.2, -0.15) is 0 Å². The Morgan fingerprint density at radius 1 is 1.56 bits per heavy atom. The maximum Gasteiger partial charge on any atom is 0.183 e. The Kier molecular flexibility index (Phi) is 2.32. The second-order valence-corrected chi connectivity index (χ2v) is 3.07. The van der Waals surface area contributed by atoms with Crippen LogP contribution in [-0.2, 0) is 6.61 Å². The molecule has 4 heteroatoms. The normalized spacial score (nSPS) is 10.1. The molecule has 0 fully saturated rings. The highest BCUT2D eigenvalue weighted by molar-refractivity contribution is 9.13. The van der Waals surface area contributed by atoms with Gasteiger partial charge in [0.05, 0.1) is 4.47 Å². The van der Waals surface area contributed by atoms with E-state index >= 15 is 0 Å². The van der Waals surface area contributed by atoms with Crippen molar-refractivity contribution in [3.8, 4) is 0 Å². The highest BCUT2D eigenvalue weighted by Gasteiger charge is 2.02. The van der Waals surface area contributed by atoms with Gasteiger partial charge in [-0.1, -0.05) is 0 Å². The molecule has 0 aliphatic carbocycles. The van der Waals surface area contributed by atoms with Crippen molar-refractivity contribution >= 4 is 31.9 Å². The number of hydrogen-bond acceptors (Lipinski definition) is 2. The van der Waals surface area contributed by atoms with E-state index in [0.717, 1.165) is 4.47 Å². The van der Waals surface area contributed by atoms with E-state index in [0.29, 0.717) is 10.4 Å². The van der Waals surface area contributed by atoms with Crippen molar-refractivity contribution in [3.05, 3.63) is 21.0 Å². The molecule has 2 nitrogen and oxygen atoms in total. The molecule has 9 heavy (non-hydrogen) atoms. The first kappa shape index (κ1) is 7.31. The average molecular weight is 256 g/mol. The molecule has 1 aromatic heterocycles. The number of hydrogen-bond donors (Lipinski definition) is 1. The standard InChI is InChI=1S/C5H4Br2O2/c6-4-1-3(2-8)9-5(4)7/h1,8H,2H2. The van der Waals surface area contributed by atoms with Crippen LogP contribution < -0.4 is 0 Å². The van der Waals surface area contributed by atoms with E-state index in [1.54, 1.807) is 6.07 Å². The number of aliphatic hydroxyl groups excluding tert-OH is 1. The third-order valence-electron chi connectivity index (χ3n) is 0.852. The van der Waals surface area contributed by atoms with Crippen molar-refractivity contribution in [2.75, 3.05) is 0 Å². The summed E-state index contributed by atoms with van der Waals surface area (Å²) < 4.78 is 6.43. The van der Waals surface area contributed by atoms with E-state index < -0.39 is 0 Å². The predicted octanol–water partition coefficient (Wildman–Crippen LogP) is 2.30. The summed E-state index contributed by atoms with van der Waals surface area (Å²) in [6, 6.07) is 1.71. The molecule has 0 aromatic carbocycles. The van der Waals surface area contributed by atoms with Crippen LogP contribution >= 0.6 is 31.9 Å². The third-order valence-corrected chi connectivity index (χ3v) is 2.56. The maximum absolute atomic E-state index is 8.54. The molecule has 1 N–H and O–H groups in total. The molecule has 0 radical (unpaired) electrons. The largest absolute Gasteiger partial charge is 0.451 e. The Labute approximate surface area is 69.1 Å². The van der Waals surface area contributed by atoms with Crippen molar-refractivity contribution in [3.63, 3.8) is 0 Å². The quantitative estimate of drug-likeness (QED) is 0.836. The second kappa shape index (κ2) is 2.86. The molecule has 0 unspecified atom stereocenters. The van der Waals surface area contributed by atoms with Gasteiger partial charge >= 0.3 is 0 Å². The molecular weight excluding hydrogens is 252 g/mol. The van der Waals surface area contributed by atoms with Crippen LogP contribution in [0.4, 0.5) is 0 Å². The van der Waals surface area contributed by atoms with Gasteiger partial charge in [0.25, 0.3) is 0 Å². The Balaban J connectivity index is 2.98. The van der Waals surface area contributed by atoms with E-state index in [9.17, 15) is 0 Å². The van der Waals surface area contributed by atoms with Crippen molar-refractivity contribution in [1.29, 1.82) is 0 Å². The summed E-state index contributed by atoms with van der Waals surface area (Å²) in [6.07, 6.45) is 0. The van der Waals surface area contributed by atoms with Crippen LogP contribution in [-0.4, -0.2) is 5.11 Å². The van der Waals surface area contributed by atoms with Crippen LogP contribution in [0.1, 0.15) is 5.76 Å². The fourth-order valence-corrected chi connectivity index (χ4v) is 1.13. The summed E-state index contributed by atoms with van der Waals surface area (Å²) in [5, 5.41) is 8.54. The van der Waals surface area contributed by atoms with Gasteiger partial charge < -0.3 is 9.52 Å². The summed E-state index contributed by atoms with van der Waals surface area (Å²) >= 11 is 6.34. The molecule has 0 aliphatic heterocycles. The number of furan rings is 1. The lowest BCUT2D eigenvalue weighted by Gasteiger charge is -1.81. The molecule has 0 saturated heterocycles. The van der Waals surface area contributed by atoms with Crippen LogP contribution in [0.25, 0.3) is 0 Å².